The molecule has 0 radical (unpaired) electrons. The zero-order valence-corrected chi connectivity index (χ0v) is 20.5. The van der Waals surface area contributed by atoms with Crippen molar-refractivity contribution in [1.29, 1.82) is 0 Å². The fourth-order valence-corrected chi connectivity index (χ4v) is 5.41. The summed E-state index contributed by atoms with van der Waals surface area (Å²) in [6.07, 6.45) is 8.84. The molecule has 0 heterocycles. The minimum atomic E-state index is -3.27. The molecule has 4 rings (SSSR count). The molecule has 6 heteroatoms. The van der Waals surface area contributed by atoms with Crippen LogP contribution >= 0.6 is 0 Å². The highest BCUT2D eigenvalue weighted by Gasteiger charge is 2.43. The SMILES string of the molecule is C=CCOc1ccc(C2CCC(/C=C/C3CCC(C(F)(F)Oc4ccc(F)cc4)CC3)CC2)c(F)c1. The van der Waals surface area contributed by atoms with Gasteiger partial charge in [0.25, 0.3) is 0 Å². The fourth-order valence-electron chi connectivity index (χ4n) is 5.41. The number of rotatable bonds is 9. The van der Waals surface area contributed by atoms with E-state index in [1.165, 1.54) is 18.2 Å². The number of ether oxygens (including phenoxy) is 2. The molecule has 36 heavy (non-hydrogen) atoms. The molecule has 2 saturated carbocycles. The predicted molar refractivity (Wildman–Crippen MR) is 133 cm³/mol. The number of benzene rings is 2. The van der Waals surface area contributed by atoms with Crippen LogP contribution in [0.5, 0.6) is 11.5 Å². The van der Waals surface area contributed by atoms with Crippen molar-refractivity contribution >= 4 is 0 Å². The average molecular weight is 503 g/mol. The van der Waals surface area contributed by atoms with Crippen molar-refractivity contribution in [2.24, 2.45) is 17.8 Å². The summed E-state index contributed by atoms with van der Waals surface area (Å²) in [4.78, 5) is 0. The van der Waals surface area contributed by atoms with Gasteiger partial charge >= 0.3 is 6.11 Å². The van der Waals surface area contributed by atoms with E-state index in [2.05, 4.69) is 18.7 Å². The average Bonchev–Trinajstić information content (AvgIpc) is 2.88. The van der Waals surface area contributed by atoms with Gasteiger partial charge in [-0.05, 0) is 105 Å². The van der Waals surface area contributed by atoms with Gasteiger partial charge in [-0.2, -0.15) is 8.78 Å². The van der Waals surface area contributed by atoms with Crippen LogP contribution in [0.2, 0.25) is 0 Å². The molecule has 2 aromatic rings. The van der Waals surface area contributed by atoms with E-state index in [4.69, 9.17) is 9.47 Å². The lowest BCUT2D eigenvalue weighted by molar-refractivity contribution is -0.223. The van der Waals surface area contributed by atoms with Crippen molar-refractivity contribution in [3.63, 3.8) is 0 Å². The smallest absolute Gasteiger partial charge is 0.400 e. The minimum Gasteiger partial charge on any atom is -0.489 e. The molecule has 0 bridgehead atoms. The third-order valence-corrected chi connectivity index (χ3v) is 7.52. The fraction of sp³-hybridized carbons (Fsp3) is 0.467. The largest absolute Gasteiger partial charge is 0.489 e. The van der Waals surface area contributed by atoms with E-state index in [1.54, 1.807) is 6.08 Å². The van der Waals surface area contributed by atoms with E-state index in [0.29, 0.717) is 49.9 Å². The van der Waals surface area contributed by atoms with Crippen LogP contribution in [0.15, 0.2) is 67.3 Å². The lowest BCUT2D eigenvalue weighted by Crippen LogP contribution is -2.37. The molecule has 0 unspecified atom stereocenters. The first kappa shape index (κ1) is 26.3. The first-order valence-electron chi connectivity index (χ1n) is 12.9. The van der Waals surface area contributed by atoms with Crippen LogP contribution in [0.4, 0.5) is 17.6 Å². The normalized spacial score (nSPS) is 25.0. The molecule has 2 nitrogen and oxygen atoms in total. The van der Waals surface area contributed by atoms with E-state index in [1.807, 2.05) is 12.1 Å². The third kappa shape index (κ3) is 6.92. The van der Waals surface area contributed by atoms with Crippen LogP contribution in [-0.4, -0.2) is 12.7 Å². The second-order valence-electron chi connectivity index (χ2n) is 10.0. The molecule has 0 saturated heterocycles. The van der Waals surface area contributed by atoms with Gasteiger partial charge in [-0.15, -0.1) is 0 Å². The molecule has 194 valence electrons. The van der Waals surface area contributed by atoms with E-state index >= 15 is 0 Å². The van der Waals surface area contributed by atoms with Crippen LogP contribution < -0.4 is 9.47 Å². The van der Waals surface area contributed by atoms with Crippen molar-refractivity contribution in [1.82, 2.24) is 0 Å². The molecule has 0 N–H and O–H groups in total. The Kier molecular flexibility index (Phi) is 8.76. The van der Waals surface area contributed by atoms with Gasteiger partial charge in [-0.25, -0.2) is 8.78 Å². The Morgan fingerprint density at radius 3 is 1.97 bits per heavy atom. The highest BCUT2D eigenvalue weighted by molar-refractivity contribution is 5.31. The minimum absolute atomic E-state index is 0.0177. The topological polar surface area (TPSA) is 18.5 Å². The first-order valence-corrected chi connectivity index (χ1v) is 12.9. The molecule has 0 spiro atoms. The Morgan fingerprint density at radius 2 is 1.39 bits per heavy atom. The number of hydrogen-bond donors (Lipinski definition) is 0. The monoisotopic (exact) mass is 502 g/mol. The zero-order chi connectivity index (χ0) is 25.5. The Morgan fingerprint density at radius 1 is 0.806 bits per heavy atom. The van der Waals surface area contributed by atoms with Crippen LogP contribution in [0, 0.1) is 29.4 Å². The van der Waals surface area contributed by atoms with Crippen LogP contribution in [0.1, 0.15) is 62.8 Å². The highest BCUT2D eigenvalue weighted by Crippen LogP contribution is 2.42. The van der Waals surface area contributed by atoms with Crippen molar-refractivity contribution in [3.05, 3.63) is 84.5 Å². The summed E-state index contributed by atoms with van der Waals surface area (Å²) in [5.41, 5.74) is 0.755. The number of allylic oxidation sites excluding steroid dienone is 2. The number of halogens is 4. The van der Waals surface area contributed by atoms with Gasteiger partial charge in [-0.3, -0.25) is 0 Å². The van der Waals surface area contributed by atoms with Crippen molar-refractivity contribution in [2.45, 2.75) is 63.4 Å². The Balaban J connectivity index is 1.22. The molecule has 2 fully saturated rings. The van der Waals surface area contributed by atoms with Crippen LogP contribution in [-0.2, 0) is 0 Å². The summed E-state index contributed by atoms with van der Waals surface area (Å²) < 4.78 is 67.2. The molecule has 2 aliphatic rings. The molecule has 0 amide bonds. The van der Waals surface area contributed by atoms with Crippen molar-refractivity contribution in [2.75, 3.05) is 6.61 Å². The summed E-state index contributed by atoms with van der Waals surface area (Å²) in [5, 5.41) is 0. The van der Waals surface area contributed by atoms with Gasteiger partial charge in [0, 0.05) is 6.07 Å². The molecular formula is C30H34F4O2. The molecular weight excluding hydrogens is 468 g/mol. The molecule has 2 aliphatic carbocycles. The van der Waals surface area contributed by atoms with Crippen LogP contribution in [0.3, 0.4) is 0 Å². The lowest BCUT2D eigenvalue weighted by atomic mass is 9.77. The van der Waals surface area contributed by atoms with Gasteiger partial charge in [0.15, 0.2) is 0 Å². The van der Waals surface area contributed by atoms with Gasteiger partial charge < -0.3 is 9.47 Å². The van der Waals surface area contributed by atoms with E-state index in [-0.39, 0.29) is 17.5 Å². The maximum Gasteiger partial charge on any atom is 0.400 e. The molecule has 2 aromatic carbocycles. The first-order chi connectivity index (χ1) is 17.3. The zero-order valence-electron chi connectivity index (χ0n) is 20.5. The summed E-state index contributed by atoms with van der Waals surface area (Å²) in [7, 11) is 0. The summed E-state index contributed by atoms with van der Waals surface area (Å²) in [6, 6.07) is 9.81. The lowest BCUT2D eigenvalue weighted by Gasteiger charge is -2.32. The van der Waals surface area contributed by atoms with E-state index in [0.717, 1.165) is 43.4 Å². The Labute approximate surface area is 211 Å². The quantitative estimate of drug-likeness (QED) is 0.252. The van der Waals surface area contributed by atoms with Gasteiger partial charge in [0.2, 0.25) is 0 Å². The second kappa shape index (κ2) is 12.0. The Bertz CT molecular complexity index is 1020. The van der Waals surface area contributed by atoms with Crippen molar-refractivity contribution < 1.29 is 27.0 Å². The standard InChI is InChI=1S/C30H34F4O2/c1-2-19-35-27-17-18-28(29(32)20-27)23-9-5-21(6-10-23)3-4-22-7-11-24(12-8-22)30(33,34)36-26-15-13-25(31)14-16-26/h2-4,13-18,20-24H,1,5-12,19H2/b4-3+. The predicted octanol–water partition coefficient (Wildman–Crippen LogP) is 8.84. The summed E-state index contributed by atoms with van der Waals surface area (Å²) >= 11 is 0. The third-order valence-electron chi connectivity index (χ3n) is 7.52. The van der Waals surface area contributed by atoms with Crippen molar-refractivity contribution in [3.8, 4) is 11.5 Å². The van der Waals surface area contributed by atoms with E-state index in [9.17, 15) is 17.6 Å². The summed E-state index contributed by atoms with van der Waals surface area (Å²) in [6.45, 7) is 3.95. The number of alkyl halides is 2. The van der Waals surface area contributed by atoms with Gasteiger partial charge in [-0.1, -0.05) is 30.9 Å². The van der Waals surface area contributed by atoms with Crippen LogP contribution in [0.25, 0.3) is 0 Å². The summed E-state index contributed by atoms with van der Waals surface area (Å²) in [5.74, 6) is -0.0949. The van der Waals surface area contributed by atoms with E-state index < -0.39 is 17.8 Å². The van der Waals surface area contributed by atoms with Gasteiger partial charge in [0.05, 0.1) is 5.92 Å². The molecule has 0 aliphatic heterocycles. The number of hydrogen-bond acceptors (Lipinski definition) is 2. The molecule has 0 atom stereocenters. The maximum atomic E-state index is 14.6. The second-order valence-corrected chi connectivity index (χ2v) is 10.0. The van der Waals surface area contributed by atoms with Gasteiger partial charge in [0.1, 0.15) is 29.7 Å². The Hall–Kier alpha value is -2.76. The highest BCUT2D eigenvalue weighted by atomic mass is 19.3. The molecule has 0 aromatic heterocycles. The maximum absolute atomic E-state index is 14.6.